The molecule has 0 spiro atoms. The predicted octanol–water partition coefficient (Wildman–Crippen LogP) is 11.6. The van der Waals surface area contributed by atoms with Gasteiger partial charge in [0.15, 0.2) is 0 Å². The highest BCUT2D eigenvalue weighted by atomic mass is 16.5. The second kappa shape index (κ2) is 9.37. The van der Waals surface area contributed by atoms with Gasteiger partial charge in [-0.25, -0.2) is 0 Å². The van der Waals surface area contributed by atoms with Gasteiger partial charge in [0, 0.05) is 38.8 Å². The van der Waals surface area contributed by atoms with E-state index in [2.05, 4.69) is 132 Å². The smallest absolute Gasteiger partial charge is 0.135 e. The molecule has 0 bridgehead atoms. The Balaban J connectivity index is 1.17. The number of ether oxygens (including phenoxy) is 1. The van der Waals surface area contributed by atoms with Crippen LogP contribution in [0.25, 0.3) is 55.0 Å². The van der Waals surface area contributed by atoms with Crippen molar-refractivity contribution in [1.29, 1.82) is 0 Å². The lowest BCUT2D eigenvalue weighted by atomic mass is 9.90. The maximum absolute atomic E-state index is 6.33. The molecule has 1 aliphatic rings. The molecule has 8 aromatic rings. The van der Waals surface area contributed by atoms with E-state index in [0.29, 0.717) is 0 Å². The number of rotatable bonds is 4. The third-order valence-corrected chi connectivity index (χ3v) is 8.47. The molecule has 2 heterocycles. The van der Waals surface area contributed by atoms with E-state index in [1.807, 2.05) is 24.3 Å². The molecule has 9 rings (SSSR count). The minimum absolute atomic E-state index is 0.891. The van der Waals surface area contributed by atoms with E-state index in [1.165, 1.54) is 16.5 Å². The average molecular weight is 552 g/mol. The van der Waals surface area contributed by atoms with Crippen LogP contribution in [0.15, 0.2) is 156 Å². The Morgan fingerprint density at radius 3 is 2.00 bits per heavy atom. The molecule has 202 valence electrons. The molecule has 0 amide bonds. The van der Waals surface area contributed by atoms with Crippen molar-refractivity contribution in [1.82, 2.24) is 0 Å². The summed E-state index contributed by atoms with van der Waals surface area (Å²) >= 11 is 0. The lowest BCUT2D eigenvalue weighted by Gasteiger charge is -2.26. The van der Waals surface area contributed by atoms with Crippen molar-refractivity contribution in [2.75, 3.05) is 4.90 Å². The van der Waals surface area contributed by atoms with Crippen LogP contribution in [0.4, 0.5) is 17.1 Å². The third-order valence-electron chi connectivity index (χ3n) is 8.47. The van der Waals surface area contributed by atoms with E-state index < -0.39 is 0 Å². The van der Waals surface area contributed by atoms with Crippen molar-refractivity contribution in [3.63, 3.8) is 0 Å². The minimum atomic E-state index is 0.891. The zero-order chi connectivity index (χ0) is 28.3. The van der Waals surface area contributed by atoms with Gasteiger partial charge < -0.3 is 14.1 Å². The fraction of sp³-hybridized carbons (Fsp3) is 0. The van der Waals surface area contributed by atoms with Gasteiger partial charge >= 0.3 is 0 Å². The molecule has 0 aliphatic carbocycles. The van der Waals surface area contributed by atoms with Crippen LogP contribution < -0.4 is 9.64 Å². The van der Waals surface area contributed by atoms with Crippen LogP contribution in [0.3, 0.4) is 0 Å². The van der Waals surface area contributed by atoms with Gasteiger partial charge in [0.1, 0.15) is 22.7 Å². The third kappa shape index (κ3) is 3.75. The highest BCUT2D eigenvalue weighted by molar-refractivity contribution is 6.10. The molecular formula is C40H25NO2. The molecule has 1 aliphatic heterocycles. The molecule has 1 aromatic heterocycles. The van der Waals surface area contributed by atoms with Crippen molar-refractivity contribution in [2.45, 2.75) is 0 Å². The van der Waals surface area contributed by atoms with Crippen LogP contribution in [0.1, 0.15) is 0 Å². The maximum atomic E-state index is 6.33. The van der Waals surface area contributed by atoms with E-state index in [4.69, 9.17) is 9.15 Å². The largest absolute Gasteiger partial charge is 0.456 e. The number of hydrogen-bond donors (Lipinski definition) is 0. The molecule has 0 saturated heterocycles. The summed E-state index contributed by atoms with van der Waals surface area (Å²) in [7, 11) is 0. The molecular weight excluding hydrogens is 526 g/mol. The summed E-state index contributed by atoms with van der Waals surface area (Å²) in [5.41, 5.74) is 9.75. The Morgan fingerprint density at radius 2 is 1.09 bits per heavy atom. The average Bonchev–Trinajstić information content (AvgIpc) is 3.44. The van der Waals surface area contributed by atoms with Crippen LogP contribution in [-0.2, 0) is 0 Å². The van der Waals surface area contributed by atoms with Gasteiger partial charge in [-0.05, 0) is 82.7 Å². The number of nitrogens with zero attached hydrogens (tertiary/aromatic N) is 1. The number of para-hydroxylation sites is 3. The Kier molecular flexibility index (Phi) is 5.20. The molecule has 0 saturated carbocycles. The summed E-state index contributed by atoms with van der Waals surface area (Å²) in [6, 6.07) is 53.1. The lowest BCUT2D eigenvalue weighted by Crippen LogP contribution is -2.09. The Labute approximate surface area is 248 Å². The van der Waals surface area contributed by atoms with Crippen LogP contribution in [0, 0.1) is 0 Å². The first kappa shape index (κ1) is 23.9. The van der Waals surface area contributed by atoms with Gasteiger partial charge in [0.25, 0.3) is 0 Å². The van der Waals surface area contributed by atoms with Crippen LogP contribution >= 0.6 is 0 Å². The maximum Gasteiger partial charge on any atom is 0.135 e. The Hall–Kier alpha value is -5.80. The van der Waals surface area contributed by atoms with Crippen molar-refractivity contribution in [3.8, 4) is 33.8 Å². The van der Waals surface area contributed by atoms with E-state index in [9.17, 15) is 0 Å². The Bertz CT molecular complexity index is 2320. The van der Waals surface area contributed by atoms with E-state index in [0.717, 1.165) is 67.0 Å². The molecule has 0 atom stereocenters. The van der Waals surface area contributed by atoms with Gasteiger partial charge in [-0.3, -0.25) is 0 Å². The normalized spacial score (nSPS) is 11.9. The number of fused-ring (bicyclic) bond motifs is 5. The highest BCUT2D eigenvalue weighted by Crippen LogP contribution is 2.48. The fourth-order valence-electron chi connectivity index (χ4n) is 6.50. The molecule has 43 heavy (non-hydrogen) atoms. The quantitative estimate of drug-likeness (QED) is 0.218. The number of anilines is 3. The molecule has 0 radical (unpaired) electrons. The number of benzene rings is 7. The van der Waals surface area contributed by atoms with E-state index in [1.54, 1.807) is 0 Å². The van der Waals surface area contributed by atoms with Crippen molar-refractivity contribution in [2.24, 2.45) is 0 Å². The summed E-state index contributed by atoms with van der Waals surface area (Å²) < 4.78 is 12.4. The molecule has 7 aromatic carbocycles. The lowest BCUT2D eigenvalue weighted by molar-refractivity contribution is 0.487. The summed E-state index contributed by atoms with van der Waals surface area (Å²) in [4.78, 5) is 2.30. The molecule has 0 unspecified atom stereocenters. The van der Waals surface area contributed by atoms with Crippen molar-refractivity contribution >= 4 is 49.8 Å². The van der Waals surface area contributed by atoms with E-state index >= 15 is 0 Å². The zero-order valence-corrected chi connectivity index (χ0v) is 23.2. The fourth-order valence-corrected chi connectivity index (χ4v) is 6.50. The first-order valence-electron chi connectivity index (χ1n) is 14.5. The molecule has 3 heteroatoms. The van der Waals surface area contributed by atoms with Crippen LogP contribution in [0.2, 0.25) is 0 Å². The monoisotopic (exact) mass is 551 g/mol. The summed E-state index contributed by atoms with van der Waals surface area (Å²) in [6.07, 6.45) is 0. The predicted molar refractivity (Wildman–Crippen MR) is 177 cm³/mol. The molecule has 0 N–H and O–H groups in total. The van der Waals surface area contributed by atoms with Gasteiger partial charge in [0.05, 0.1) is 0 Å². The van der Waals surface area contributed by atoms with Crippen LogP contribution in [-0.4, -0.2) is 0 Å². The summed E-state index contributed by atoms with van der Waals surface area (Å²) in [5, 5.41) is 4.58. The van der Waals surface area contributed by atoms with Gasteiger partial charge in [-0.1, -0.05) is 91.0 Å². The van der Waals surface area contributed by atoms with Gasteiger partial charge in [-0.15, -0.1) is 0 Å². The van der Waals surface area contributed by atoms with Gasteiger partial charge in [-0.2, -0.15) is 0 Å². The molecule has 0 fully saturated rings. The number of furan rings is 1. The first-order valence-corrected chi connectivity index (χ1v) is 14.5. The van der Waals surface area contributed by atoms with Crippen molar-refractivity contribution in [3.05, 3.63) is 152 Å². The number of hydrogen-bond acceptors (Lipinski definition) is 3. The van der Waals surface area contributed by atoms with Crippen LogP contribution in [0.5, 0.6) is 11.5 Å². The Morgan fingerprint density at radius 1 is 0.395 bits per heavy atom. The second-order valence-electron chi connectivity index (χ2n) is 10.9. The SMILES string of the molecule is c1ccc(N(c2ccc(-c3ccc4c5c(cccc35)-c3ccccc3O4)cc2)c2ccc3oc4ccccc4c3c2)cc1. The summed E-state index contributed by atoms with van der Waals surface area (Å²) in [5.74, 6) is 1.81. The van der Waals surface area contributed by atoms with Crippen molar-refractivity contribution < 1.29 is 9.15 Å². The zero-order valence-electron chi connectivity index (χ0n) is 23.2. The topological polar surface area (TPSA) is 25.6 Å². The van der Waals surface area contributed by atoms with E-state index in [-0.39, 0.29) is 0 Å². The molecule has 3 nitrogen and oxygen atoms in total. The van der Waals surface area contributed by atoms with Gasteiger partial charge in [0.2, 0.25) is 0 Å². The summed E-state index contributed by atoms with van der Waals surface area (Å²) in [6.45, 7) is 0. The first-order chi connectivity index (χ1) is 21.3. The highest BCUT2D eigenvalue weighted by Gasteiger charge is 2.21. The second-order valence-corrected chi connectivity index (χ2v) is 10.9. The minimum Gasteiger partial charge on any atom is -0.456 e. The standard InChI is InChI=1S/C40H25NO2/c1-2-9-27(10-3-1)41(29-21-23-38-35(25-29)32-12-5-7-16-37(32)42-38)28-19-17-26(18-20-28)30-22-24-39-40-33(30)13-8-14-34(40)31-11-4-6-15-36(31)43-39/h1-25H.